The number of nitrogens with zero attached hydrogens (tertiary/aromatic N) is 2. The summed E-state index contributed by atoms with van der Waals surface area (Å²) in [6, 6.07) is 34.3. The van der Waals surface area contributed by atoms with Crippen molar-refractivity contribution in [1.29, 1.82) is 0 Å². The maximum absolute atomic E-state index is 6.43. The molecule has 3 heteroatoms. The number of benzene rings is 3. The third kappa shape index (κ3) is 3.60. The van der Waals surface area contributed by atoms with Crippen molar-refractivity contribution in [3.63, 3.8) is 0 Å². The predicted molar refractivity (Wildman–Crippen MR) is 141 cm³/mol. The first-order valence-electron chi connectivity index (χ1n) is 12.1. The van der Waals surface area contributed by atoms with Gasteiger partial charge in [0.15, 0.2) is 18.4 Å². The lowest BCUT2D eigenvalue weighted by molar-refractivity contribution is -0.678. The second kappa shape index (κ2) is 8.52. The zero-order valence-corrected chi connectivity index (χ0v) is 20.3. The number of fused-ring (bicyclic) bond motifs is 3. The monoisotopic (exact) mass is 456 g/mol. The number of aromatic nitrogens is 2. The van der Waals surface area contributed by atoms with Crippen molar-refractivity contribution in [1.82, 2.24) is 0 Å². The van der Waals surface area contributed by atoms with E-state index in [1.54, 1.807) is 0 Å². The van der Waals surface area contributed by atoms with Gasteiger partial charge in [0.1, 0.15) is 18.2 Å². The number of hydrogen-bond acceptors (Lipinski definition) is 1. The minimum Gasteiger partial charge on any atom is -0.455 e. The van der Waals surface area contributed by atoms with Crippen LogP contribution in [0.2, 0.25) is 0 Å². The molecule has 0 aliphatic rings. The van der Waals surface area contributed by atoms with E-state index in [-0.39, 0.29) is 0 Å². The molecule has 0 spiro atoms. The minimum atomic E-state index is 0.760. The van der Waals surface area contributed by atoms with Crippen molar-refractivity contribution in [3.8, 4) is 22.5 Å². The van der Waals surface area contributed by atoms with E-state index in [4.69, 9.17) is 4.42 Å². The summed E-state index contributed by atoms with van der Waals surface area (Å²) in [5.74, 6) is 0. The van der Waals surface area contributed by atoms with Crippen molar-refractivity contribution in [3.05, 3.63) is 120 Å². The largest absolute Gasteiger partial charge is 0.455 e. The minimum absolute atomic E-state index is 0.760. The molecule has 0 aliphatic carbocycles. The molecule has 0 saturated carbocycles. The molecule has 0 radical (unpaired) electrons. The highest BCUT2D eigenvalue weighted by molar-refractivity contribution is 6.09. The zero-order chi connectivity index (χ0) is 23.9. The number of pyridine rings is 2. The Labute approximate surface area is 205 Å². The van der Waals surface area contributed by atoms with Crippen LogP contribution in [0.1, 0.15) is 16.8 Å². The number of para-hydroxylation sites is 1. The summed E-state index contributed by atoms with van der Waals surface area (Å²) in [7, 11) is 2.13. The lowest BCUT2D eigenvalue weighted by atomic mass is 9.99. The van der Waals surface area contributed by atoms with Gasteiger partial charge in [-0.3, -0.25) is 0 Å². The van der Waals surface area contributed by atoms with Crippen molar-refractivity contribution in [2.24, 2.45) is 7.05 Å². The van der Waals surface area contributed by atoms with Gasteiger partial charge < -0.3 is 4.42 Å². The fourth-order valence-corrected chi connectivity index (χ4v) is 5.10. The van der Waals surface area contributed by atoms with E-state index >= 15 is 0 Å². The van der Waals surface area contributed by atoms with Crippen molar-refractivity contribution in [2.75, 3.05) is 0 Å². The molecule has 0 N–H and O–H groups in total. The molecule has 6 rings (SSSR count). The average Bonchev–Trinajstić information content (AvgIpc) is 3.25. The van der Waals surface area contributed by atoms with E-state index in [0.717, 1.165) is 39.7 Å². The molecule has 0 atom stereocenters. The third-order valence-electron chi connectivity index (χ3n) is 7.07. The standard InChI is InChI=1S/C32H28N2O/c1-22-18-19-27-26-14-6-7-17-30(26)35-32(27)31(22)29-15-8-9-20-34(29)21-24-12-4-5-13-25(24)28-16-10-11-23(2)33(28)3/h4-20H,21H2,1-3H3/q+2. The Hall–Kier alpha value is -4.24. The second-order valence-corrected chi connectivity index (χ2v) is 9.21. The quantitative estimate of drug-likeness (QED) is 0.271. The van der Waals surface area contributed by atoms with Crippen LogP contribution in [0.5, 0.6) is 0 Å². The molecule has 0 unspecified atom stereocenters. The fourth-order valence-electron chi connectivity index (χ4n) is 5.10. The molecule has 170 valence electrons. The summed E-state index contributed by atoms with van der Waals surface area (Å²) < 4.78 is 11.0. The molecular weight excluding hydrogens is 428 g/mol. The highest BCUT2D eigenvalue weighted by Gasteiger charge is 2.23. The number of aryl methyl sites for hydroxylation is 2. The molecule has 6 aromatic rings. The number of furan rings is 1. The maximum Gasteiger partial charge on any atom is 0.216 e. The van der Waals surface area contributed by atoms with E-state index in [1.807, 2.05) is 12.1 Å². The van der Waals surface area contributed by atoms with Crippen LogP contribution in [0.3, 0.4) is 0 Å². The molecule has 3 heterocycles. The Balaban J connectivity index is 1.53. The molecule has 3 nitrogen and oxygen atoms in total. The van der Waals surface area contributed by atoms with Gasteiger partial charge in [-0.25, -0.2) is 0 Å². The Morgan fingerprint density at radius 1 is 0.686 bits per heavy atom. The van der Waals surface area contributed by atoms with Gasteiger partial charge in [0, 0.05) is 47.5 Å². The molecule has 35 heavy (non-hydrogen) atoms. The Morgan fingerprint density at radius 3 is 2.37 bits per heavy atom. The lowest BCUT2D eigenvalue weighted by Crippen LogP contribution is -2.38. The Morgan fingerprint density at radius 2 is 1.46 bits per heavy atom. The molecule has 0 amide bonds. The molecule has 0 fully saturated rings. The van der Waals surface area contributed by atoms with Crippen LogP contribution in [0.15, 0.2) is 108 Å². The van der Waals surface area contributed by atoms with Gasteiger partial charge in [-0.2, -0.15) is 9.13 Å². The van der Waals surface area contributed by atoms with E-state index < -0.39 is 0 Å². The Kier molecular flexibility index (Phi) is 5.18. The van der Waals surface area contributed by atoms with Gasteiger partial charge in [0.25, 0.3) is 0 Å². The second-order valence-electron chi connectivity index (χ2n) is 9.21. The molecule has 3 aromatic heterocycles. The van der Waals surface area contributed by atoms with Gasteiger partial charge >= 0.3 is 0 Å². The fraction of sp³-hybridized carbons (Fsp3) is 0.125. The average molecular weight is 457 g/mol. The van der Waals surface area contributed by atoms with Crippen molar-refractivity contribution < 1.29 is 13.6 Å². The van der Waals surface area contributed by atoms with E-state index in [2.05, 4.69) is 121 Å². The molecule has 0 saturated heterocycles. The molecule has 0 aliphatic heterocycles. The Bertz CT molecular complexity index is 1710. The van der Waals surface area contributed by atoms with Gasteiger partial charge in [0.05, 0.1) is 11.1 Å². The first kappa shape index (κ1) is 21.3. The van der Waals surface area contributed by atoms with Gasteiger partial charge in [-0.1, -0.05) is 48.5 Å². The van der Waals surface area contributed by atoms with Crippen LogP contribution < -0.4 is 9.13 Å². The van der Waals surface area contributed by atoms with Crippen molar-refractivity contribution >= 4 is 21.9 Å². The highest BCUT2D eigenvalue weighted by atomic mass is 16.3. The van der Waals surface area contributed by atoms with E-state index in [9.17, 15) is 0 Å². The summed E-state index contributed by atoms with van der Waals surface area (Å²) in [6.07, 6.45) is 2.17. The molecule has 3 aromatic carbocycles. The topological polar surface area (TPSA) is 20.9 Å². The van der Waals surface area contributed by atoms with Gasteiger partial charge in [-0.15, -0.1) is 0 Å². The maximum atomic E-state index is 6.43. The summed E-state index contributed by atoms with van der Waals surface area (Å²) in [5, 5.41) is 2.31. The van der Waals surface area contributed by atoms with Crippen LogP contribution in [-0.2, 0) is 13.6 Å². The first-order valence-corrected chi connectivity index (χ1v) is 12.1. The summed E-state index contributed by atoms with van der Waals surface area (Å²) in [6.45, 7) is 5.07. The van der Waals surface area contributed by atoms with Gasteiger partial charge in [-0.05, 0) is 36.8 Å². The summed E-state index contributed by atoms with van der Waals surface area (Å²) in [4.78, 5) is 0. The zero-order valence-electron chi connectivity index (χ0n) is 20.3. The lowest BCUT2D eigenvalue weighted by Gasteiger charge is -2.10. The van der Waals surface area contributed by atoms with E-state index in [0.29, 0.717) is 0 Å². The summed E-state index contributed by atoms with van der Waals surface area (Å²) in [5.41, 5.74) is 10.4. The van der Waals surface area contributed by atoms with Crippen LogP contribution >= 0.6 is 0 Å². The predicted octanol–water partition coefficient (Wildman–Crippen LogP) is 6.70. The van der Waals surface area contributed by atoms with Crippen LogP contribution in [0, 0.1) is 13.8 Å². The third-order valence-corrected chi connectivity index (χ3v) is 7.07. The normalized spacial score (nSPS) is 11.4. The van der Waals surface area contributed by atoms with E-state index in [1.165, 1.54) is 28.1 Å². The van der Waals surface area contributed by atoms with Crippen LogP contribution in [-0.4, -0.2) is 0 Å². The molecule has 0 bridgehead atoms. The summed E-state index contributed by atoms with van der Waals surface area (Å²) >= 11 is 0. The van der Waals surface area contributed by atoms with Crippen LogP contribution in [0.4, 0.5) is 0 Å². The van der Waals surface area contributed by atoms with Crippen molar-refractivity contribution in [2.45, 2.75) is 20.4 Å². The first-order chi connectivity index (χ1) is 17.1. The smallest absolute Gasteiger partial charge is 0.216 e. The molecular formula is C32H28N2O+2. The van der Waals surface area contributed by atoms with Gasteiger partial charge in [0.2, 0.25) is 11.4 Å². The van der Waals surface area contributed by atoms with Crippen LogP contribution in [0.25, 0.3) is 44.5 Å². The highest BCUT2D eigenvalue weighted by Crippen LogP contribution is 2.36. The SMILES string of the molecule is Cc1ccc2c(oc3ccccc32)c1-c1cccc[n+]1Cc1ccccc1-c1cccc(C)[n+]1C. The number of hydrogen-bond donors (Lipinski definition) is 0. The number of rotatable bonds is 4.